The number of aliphatic hydroxyl groups is 1. The van der Waals surface area contributed by atoms with Crippen LogP contribution in [0, 0.1) is 6.92 Å². The number of ketones is 1. The maximum absolute atomic E-state index is 13.4. The summed E-state index contributed by atoms with van der Waals surface area (Å²) in [5, 5.41) is 12.0. The minimum absolute atomic E-state index is 0.0141. The maximum Gasteiger partial charge on any atom is 0.300 e. The van der Waals surface area contributed by atoms with Crippen LogP contribution >= 0.6 is 34.8 Å². The van der Waals surface area contributed by atoms with Gasteiger partial charge in [0, 0.05) is 10.7 Å². The number of rotatable bonds is 5. The van der Waals surface area contributed by atoms with Gasteiger partial charge in [0.25, 0.3) is 11.7 Å². The second kappa shape index (κ2) is 9.82. The molecule has 1 atom stereocenters. The molecule has 0 bridgehead atoms. The lowest BCUT2D eigenvalue weighted by molar-refractivity contribution is -0.132. The fourth-order valence-electron chi connectivity index (χ4n) is 4.17. The zero-order valence-corrected chi connectivity index (χ0v) is 21.2. The first-order valence-corrected chi connectivity index (χ1v) is 11.6. The molecule has 4 rings (SSSR count). The number of methoxy groups -OCH3 is 2. The second-order valence-corrected chi connectivity index (χ2v) is 9.07. The number of hydrogen-bond donors (Lipinski definition) is 1. The first-order valence-electron chi connectivity index (χ1n) is 10.4. The average molecular weight is 533 g/mol. The van der Waals surface area contributed by atoms with Gasteiger partial charge in [0.15, 0.2) is 11.5 Å². The fourth-order valence-corrected chi connectivity index (χ4v) is 5.04. The Kier molecular flexibility index (Phi) is 6.99. The van der Waals surface area contributed by atoms with Gasteiger partial charge in [-0.05, 0) is 36.8 Å². The smallest absolute Gasteiger partial charge is 0.300 e. The Bertz CT molecular complexity index is 1390. The number of nitrogens with zero attached hydrogens (tertiary/aromatic N) is 1. The molecule has 0 aromatic heterocycles. The zero-order valence-electron chi connectivity index (χ0n) is 18.9. The van der Waals surface area contributed by atoms with Crippen molar-refractivity contribution in [3.05, 3.63) is 91.9 Å². The van der Waals surface area contributed by atoms with E-state index in [0.29, 0.717) is 16.3 Å². The number of amides is 1. The van der Waals surface area contributed by atoms with E-state index in [1.165, 1.54) is 25.2 Å². The summed E-state index contributed by atoms with van der Waals surface area (Å²) in [6.07, 6.45) is 0. The molecule has 0 saturated carbocycles. The summed E-state index contributed by atoms with van der Waals surface area (Å²) in [7, 11) is 2.74. The highest BCUT2D eigenvalue weighted by Gasteiger charge is 2.47. The van der Waals surface area contributed by atoms with E-state index >= 15 is 0 Å². The van der Waals surface area contributed by atoms with Gasteiger partial charge in [-0.15, -0.1) is 0 Å². The highest BCUT2D eigenvalue weighted by molar-refractivity contribution is 6.52. The van der Waals surface area contributed by atoms with Gasteiger partial charge >= 0.3 is 0 Å². The molecule has 1 aliphatic rings. The Balaban J connectivity index is 2.03. The van der Waals surface area contributed by atoms with Crippen LogP contribution in [0.5, 0.6) is 11.5 Å². The van der Waals surface area contributed by atoms with Crippen LogP contribution in [0.25, 0.3) is 5.76 Å². The molecule has 0 spiro atoms. The molecular weight excluding hydrogens is 513 g/mol. The summed E-state index contributed by atoms with van der Waals surface area (Å²) in [6, 6.07) is 14.3. The standard InChI is InChI=1S/C26H20Cl3NO5/c1-13-6-4-7-14(10-13)21-19(23(32)26(33)30(21)16-9-5-8-15(27)11-16)22(31)17-12-18(28)25(35-3)20(29)24(17)34-2/h4-12,21,31H,1-3H3/b22-19+. The minimum Gasteiger partial charge on any atom is -0.507 e. The number of aliphatic hydroxyl groups excluding tert-OH is 1. The van der Waals surface area contributed by atoms with Crippen molar-refractivity contribution in [3.63, 3.8) is 0 Å². The van der Waals surface area contributed by atoms with E-state index < -0.39 is 23.5 Å². The Labute approximate surface area is 217 Å². The van der Waals surface area contributed by atoms with Crippen LogP contribution in [-0.2, 0) is 9.59 Å². The second-order valence-electron chi connectivity index (χ2n) is 7.85. The Morgan fingerprint density at radius 3 is 2.26 bits per heavy atom. The van der Waals surface area contributed by atoms with Crippen molar-refractivity contribution in [2.75, 3.05) is 19.1 Å². The molecule has 1 fully saturated rings. The molecule has 3 aromatic carbocycles. The van der Waals surface area contributed by atoms with Crippen molar-refractivity contribution in [1.82, 2.24) is 0 Å². The van der Waals surface area contributed by atoms with E-state index in [1.54, 1.807) is 30.3 Å². The summed E-state index contributed by atoms with van der Waals surface area (Å²) in [6.45, 7) is 1.89. The fraction of sp³-hybridized carbons (Fsp3) is 0.154. The van der Waals surface area contributed by atoms with Crippen molar-refractivity contribution < 1.29 is 24.2 Å². The van der Waals surface area contributed by atoms with Crippen LogP contribution in [-0.4, -0.2) is 31.0 Å². The molecule has 180 valence electrons. The number of carbonyl (C=O) groups is 2. The summed E-state index contributed by atoms with van der Waals surface area (Å²) >= 11 is 18.9. The molecule has 1 saturated heterocycles. The molecule has 1 unspecified atom stereocenters. The van der Waals surface area contributed by atoms with Crippen LogP contribution < -0.4 is 14.4 Å². The van der Waals surface area contributed by atoms with Crippen LogP contribution in [0.1, 0.15) is 22.7 Å². The summed E-state index contributed by atoms with van der Waals surface area (Å²) in [5.74, 6) is -1.98. The van der Waals surface area contributed by atoms with Crippen molar-refractivity contribution in [1.29, 1.82) is 0 Å². The Morgan fingerprint density at radius 1 is 0.943 bits per heavy atom. The van der Waals surface area contributed by atoms with Gasteiger partial charge in [-0.3, -0.25) is 14.5 Å². The number of ether oxygens (including phenoxy) is 2. The summed E-state index contributed by atoms with van der Waals surface area (Å²) in [4.78, 5) is 28.0. The topological polar surface area (TPSA) is 76.1 Å². The first-order chi connectivity index (χ1) is 16.7. The molecule has 1 amide bonds. The highest BCUT2D eigenvalue weighted by Crippen LogP contribution is 2.48. The zero-order chi connectivity index (χ0) is 25.4. The largest absolute Gasteiger partial charge is 0.507 e. The third-order valence-corrected chi connectivity index (χ3v) is 6.54. The quantitative estimate of drug-likeness (QED) is 0.228. The molecule has 35 heavy (non-hydrogen) atoms. The maximum atomic E-state index is 13.4. The van der Waals surface area contributed by atoms with Crippen molar-refractivity contribution in [2.24, 2.45) is 0 Å². The first kappa shape index (κ1) is 24.9. The molecule has 3 aromatic rings. The average Bonchev–Trinajstić information content (AvgIpc) is 3.09. The Morgan fingerprint density at radius 2 is 1.63 bits per heavy atom. The van der Waals surface area contributed by atoms with Crippen LogP contribution in [0.3, 0.4) is 0 Å². The van der Waals surface area contributed by atoms with Gasteiger partial charge in [0.1, 0.15) is 10.8 Å². The lowest BCUT2D eigenvalue weighted by atomic mass is 9.94. The summed E-state index contributed by atoms with van der Waals surface area (Å²) in [5.41, 5.74) is 1.84. The molecule has 9 heteroatoms. The predicted molar refractivity (Wildman–Crippen MR) is 137 cm³/mol. The van der Waals surface area contributed by atoms with Gasteiger partial charge in [-0.1, -0.05) is 70.7 Å². The van der Waals surface area contributed by atoms with E-state index in [9.17, 15) is 14.7 Å². The number of anilines is 1. The number of benzene rings is 3. The molecule has 0 aliphatic carbocycles. The minimum atomic E-state index is -0.947. The molecule has 1 aliphatic heterocycles. The lowest BCUT2D eigenvalue weighted by Gasteiger charge is -2.26. The monoisotopic (exact) mass is 531 g/mol. The summed E-state index contributed by atoms with van der Waals surface area (Å²) < 4.78 is 10.6. The van der Waals surface area contributed by atoms with Gasteiger partial charge in [0.2, 0.25) is 0 Å². The van der Waals surface area contributed by atoms with Crippen LogP contribution in [0.2, 0.25) is 15.1 Å². The van der Waals surface area contributed by atoms with Crippen LogP contribution in [0.4, 0.5) is 5.69 Å². The highest BCUT2D eigenvalue weighted by atomic mass is 35.5. The van der Waals surface area contributed by atoms with E-state index in [-0.39, 0.29) is 32.7 Å². The number of carbonyl (C=O) groups excluding carboxylic acids is 2. The van der Waals surface area contributed by atoms with E-state index in [4.69, 9.17) is 44.3 Å². The van der Waals surface area contributed by atoms with Crippen LogP contribution in [0.15, 0.2) is 60.2 Å². The van der Waals surface area contributed by atoms with E-state index in [1.807, 2.05) is 25.1 Å². The molecule has 1 heterocycles. The molecule has 0 radical (unpaired) electrons. The normalized spacial score (nSPS) is 17.1. The van der Waals surface area contributed by atoms with Crippen molar-refractivity contribution >= 4 is 57.9 Å². The van der Waals surface area contributed by atoms with Crippen molar-refractivity contribution in [2.45, 2.75) is 13.0 Å². The number of aryl methyl sites for hydroxylation is 1. The van der Waals surface area contributed by atoms with E-state index in [0.717, 1.165) is 5.56 Å². The Hall–Kier alpha value is -3.19. The molecule has 6 nitrogen and oxygen atoms in total. The lowest BCUT2D eigenvalue weighted by Crippen LogP contribution is -2.29. The van der Waals surface area contributed by atoms with Gasteiger partial charge in [0.05, 0.1) is 36.4 Å². The number of Topliss-reactive ketones (excluding diaryl/α,β-unsaturated/α-hetero) is 1. The SMILES string of the molecule is COc1c(Cl)cc(/C(O)=C2\C(=O)C(=O)N(c3cccc(Cl)c3)C2c2cccc(C)c2)c(OC)c1Cl. The van der Waals surface area contributed by atoms with Gasteiger partial charge < -0.3 is 14.6 Å². The van der Waals surface area contributed by atoms with Crippen molar-refractivity contribution in [3.8, 4) is 11.5 Å². The molecular formula is C26H20Cl3NO5. The number of halogens is 3. The third kappa shape index (κ3) is 4.33. The number of hydrogen-bond acceptors (Lipinski definition) is 5. The predicted octanol–water partition coefficient (Wildman–Crippen LogP) is 6.60. The van der Waals surface area contributed by atoms with Gasteiger partial charge in [-0.25, -0.2) is 0 Å². The third-order valence-electron chi connectivity index (χ3n) is 5.68. The van der Waals surface area contributed by atoms with E-state index in [2.05, 4.69) is 0 Å². The molecule has 1 N–H and O–H groups in total. The van der Waals surface area contributed by atoms with Gasteiger partial charge in [-0.2, -0.15) is 0 Å².